The molecule has 1 unspecified atom stereocenters. The van der Waals surface area contributed by atoms with Gasteiger partial charge in [0, 0.05) is 11.6 Å². The Balaban J connectivity index is 2.47. The van der Waals surface area contributed by atoms with Crippen molar-refractivity contribution < 1.29 is 9.47 Å². The summed E-state index contributed by atoms with van der Waals surface area (Å²) in [5, 5.41) is 3.80. The minimum absolute atomic E-state index is 0.0261. The van der Waals surface area contributed by atoms with Crippen LogP contribution in [0.3, 0.4) is 0 Å². The third-order valence-electron chi connectivity index (χ3n) is 4.54. The lowest BCUT2D eigenvalue weighted by atomic mass is 9.76. The van der Waals surface area contributed by atoms with Crippen LogP contribution in [0.25, 0.3) is 0 Å². The Labute approximate surface area is 122 Å². The molecular formula is C17H27NO2. The van der Waals surface area contributed by atoms with Gasteiger partial charge in [0.1, 0.15) is 11.5 Å². The van der Waals surface area contributed by atoms with E-state index in [1.54, 1.807) is 14.2 Å². The van der Waals surface area contributed by atoms with Gasteiger partial charge in [-0.2, -0.15) is 0 Å². The van der Waals surface area contributed by atoms with Crippen LogP contribution in [0.1, 0.15) is 45.1 Å². The Morgan fingerprint density at radius 1 is 1.00 bits per heavy atom. The summed E-state index contributed by atoms with van der Waals surface area (Å²) in [6, 6.07) is 6.25. The first-order chi connectivity index (χ1) is 9.62. The fourth-order valence-corrected chi connectivity index (χ4v) is 3.24. The highest BCUT2D eigenvalue weighted by molar-refractivity contribution is 5.42. The number of hydrogen-bond acceptors (Lipinski definition) is 3. The molecule has 1 aromatic rings. The molecule has 20 heavy (non-hydrogen) atoms. The quantitative estimate of drug-likeness (QED) is 0.910. The highest BCUT2D eigenvalue weighted by atomic mass is 16.5. The molecule has 1 aromatic carbocycles. The Morgan fingerprint density at radius 2 is 1.65 bits per heavy atom. The maximum absolute atomic E-state index is 5.44. The smallest absolute Gasteiger partial charge is 0.122 e. The molecule has 1 saturated heterocycles. The summed E-state index contributed by atoms with van der Waals surface area (Å²) in [4.78, 5) is 0. The summed E-state index contributed by atoms with van der Waals surface area (Å²) in [7, 11) is 3.42. The maximum Gasteiger partial charge on any atom is 0.122 e. The van der Waals surface area contributed by atoms with E-state index >= 15 is 0 Å². The molecule has 1 atom stereocenters. The Hall–Kier alpha value is -1.22. The van der Waals surface area contributed by atoms with E-state index in [2.05, 4.69) is 31.3 Å². The van der Waals surface area contributed by atoms with Gasteiger partial charge in [-0.3, -0.25) is 0 Å². The second-order valence-electron chi connectivity index (χ2n) is 5.96. The molecule has 0 saturated carbocycles. The van der Waals surface area contributed by atoms with Crippen molar-refractivity contribution in [3.05, 3.63) is 23.8 Å². The molecule has 3 nitrogen and oxygen atoms in total. The molecule has 0 aliphatic carbocycles. The maximum atomic E-state index is 5.44. The summed E-state index contributed by atoms with van der Waals surface area (Å²) < 4.78 is 10.9. The molecule has 0 radical (unpaired) electrons. The zero-order valence-corrected chi connectivity index (χ0v) is 13.2. The normalized spacial score (nSPS) is 23.4. The van der Waals surface area contributed by atoms with Crippen LogP contribution in [0.15, 0.2) is 18.2 Å². The van der Waals surface area contributed by atoms with Crippen molar-refractivity contribution in [2.45, 2.75) is 45.1 Å². The number of benzene rings is 1. The van der Waals surface area contributed by atoms with Crippen molar-refractivity contribution in [2.24, 2.45) is 5.92 Å². The second-order valence-corrected chi connectivity index (χ2v) is 5.96. The minimum atomic E-state index is 0.0261. The van der Waals surface area contributed by atoms with Gasteiger partial charge in [0.05, 0.1) is 14.2 Å². The first kappa shape index (κ1) is 15.2. The second kappa shape index (κ2) is 6.49. The van der Waals surface area contributed by atoms with Crippen LogP contribution in [-0.2, 0) is 5.54 Å². The molecule has 0 bridgehead atoms. The molecule has 1 aliphatic rings. The molecule has 1 fully saturated rings. The van der Waals surface area contributed by atoms with E-state index in [1.807, 2.05) is 6.07 Å². The third-order valence-corrected chi connectivity index (χ3v) is 4.54. The SMILES string of the molecule is COc1cc(OC)cc(C2(C(C)C)CCCCCN2)c1. The number of hydrogen-bond donors (Lipinski definition) is 1. The lowest BCUT2D eigenvalue weighted by molar-refractivity contribution is 0.229. The molecule has 112 valence electrons. The van der Waals surface area contributed by atoms with Crippen LogP contribution in [0, 0.1) is 5.92 Å². The monoisotopic (exact) mass is 277 g/mol. The Bertz CT molecular complexity index is 412. The van der Waals surface area contributed by atoms with Crippen molar-refractivity contribution in [1.29, 1.82) is 0 Å². The standard InChI is InChI=1S/C17H27NO2/c1-13(2)17(8-6-5-7-9-18-17)14-10-15(19-3)12-16(11-14)20-4/h10-13,18H,5-9H2,1-4H3. The van der Waals surface area contributed by atoms with E-state index in [9.17, 15) is 0 Å². The number of methoxy groups -OCH3 is 2. The van der Waals surface area contributed by atoms with Crippen molar-refractivity contribution in [2.75, 3.05) is 20.8 Å². The Morgan fingerprint density at radius 3 is 2.20 bits per heavy atom. The molecule has 1 heterocycles. The highest BCUT2D eigenvalue weighted by Gasteiger charge is 2.36. The van der Waals surface area contributed by atoms with Gasteiger partial charge in [-0.05, 0) is 43.0 Å². The van der Waals surface area contributed by atoms with Crippen molar-refractivity contribution in [3.8, 4) is 11.5 Å². The zero-order valence-electron chi connectivity index (χ0n) is 13.2. The summed E-state index contributed by atoms with van der Waals surface area (Å²) in [5.74, 6) is 2.26. The lowest BCUT2D eigenvalue weighted by Gasteiger charge is -2.39. The largest absolute Gasteiger partial charge is 0.497 e. The number of ether oxygens (including phenoxy) is 2. The third kappa shape index (κ3) is 2.93. The fourth-order valence-electron chi connectivity index (χ4n) is 3.24. The van der Waals surface area contributed by atoms with E-state index in [-0.39, 0.29) is 5.54 Å². The molecule has 1 aliphatic heterocycles. The summed E-state index contributed by atoms with van der Waals surface area (Å²) in [6.07, 6.45) is 5.00. The van der Waals surface area contributed by atoms with E-state index in [1.165, 1.54) is 31.2 Å². The van der Waals surface area contributed by atoms with Gasteiger partial charge in [-0.25, -0.2) is 0 Å². The summed E-state index contributed by atoms with van der Waals surface area (Å²) >= 11 is 0. The average Bonchev–Trinajstić information content (AvgIpc) is 2.73. The van der Waals surface area contributed by atoms with Gasteiger partial charge in [-0.15, -0.1) is 0 Å². The zero-order chi connectivity index (χ0) is 14.6. The minimum Gasteiger partial charge on any atom is -0.497 e. The molecule has 0 amide bonds. The van der Waals surface area contributed by atoms with Gasteiger partial charge < -0.3 is 14.8 Å². The van der Waals surface area contributed by atoms with Gasteiger partial charge >= 0.3 is 0 Å². The lowest BCUT2D eigenvalue weighted by Crippen LogP contribution is -2.46. The highest BCUT2D eigenvalue weighted by Crippen LogP contribution is 2.39. The molecule has 3 heteroatoms. The Kier molecular flexibility index (Phi) is 4.92. The van der Waals surface area contributed by atoms with Gasteiger partial charge in [0.25, 0.3) is 0 Å². The predicted molar refractivity (Wildman–Crippen MR) is 82.5 cm³/mol. The average molecular weight is 277 g/mol. The molecule has 0 spiro atoms. The topological polar surface area (TPSA) is 30.5 Å². The van der Waals surface area contributed by atoms with E-state index in [0.717, 1.165) is 18.0 Å². The van der Waals surface area contributed by atoms with Gasteiger partial charge in [0.2, 0.25) is 0 Å². The van der Waals surface area contributed by atoms with E-state index in [4.69, 9.17) is 9.47 Å². The van der Waals surface area contributed by atoms with E-state index in [0.29, 0.717) is 5.92 Å². The van der Waals surface area contributed by atoms with Gasteiger partial charge in [0.15, 0.2) is 0 Å². The fraction of sp³-hybridized carbons (Fsp3) is 0.647. The van der Waals surface area contributed by atoms with Crippen LogP contribution in [0.4, 0.5) is 0 Å². The van der Waals surface area contributed by atoms with Crippen LogP contribution >= 0.6 is 0 Å². The van der Waals surface area contributed by atoms with Crippen LogP contribution in [-0.4, -0.2) is 20.8 Å². The first-order valence-corrected chi connectivity index (χ1v) is 7.61. The number of nitrogens with one attached hydrogen (secondary N) is 1. The number of rotatable bonds is 4. The first-order valence-electron chi connectivity index (χ1n) is 7.61. The predicted octanol–water partition coefficient (Wildman–Crippen LogP) is 3.72. The van der Waals surface area contributed by atoms with E-state index < -0.39 is 0 Å². The van der Waals surface area contributed by atoms with Crippen molar-refractivity contribution in [3.63, 3.8) is 0 Å². The molecule has 0 aromatic heterocycles. The van der Waals surface area contributed by atoms with Crippen LogP contribution in [0.2, 0.25) is 0 Å². The molecule has 1 N–H and O–H groups in total. The van der Waals surface area contributed by atoms with Gasteiger partial charge in [-0.1, -0.05) is 26.7 Å². The summed E-state index contributed by atoms with van der Waals surface area (Å²) in [6.45, 7) is 5.67. The van der Waals surface area contributed by atoms with Crippen molar-refractivity contribution >= 4 is 0 Å². The van der Waals surface area contributed by atoms with Crippen LogP contribution < -0.4 is 14.8 Å². The summed E-state index contributed by atoms with van der Waals surface area (Å²) in [5.41, 5.74) is 1.31. The van der Waals surface area contributed by atoms with Crippen LogP contribution in [0.5, 0.6) is 11.5 Å². The molecular weight excluding hydrogens is 250 g/mol. The van der Waals surface area contributed by atoms with Crippen molar-refractivity contribution in [1.82, 2.24) is 5.32 Å². The molecule has 2 rings (SSSR count).